The monoisotopic (exact) mass is 170 g/mol. The van der Waals surface area contributed by atoms with Crippen molar-refractivity contribution >= 4 is 0 Å². The van der Waals surface area contributed by atoms with Crippen molar-refractivity contribution in [3.63, 3.8) is 0 Å². The first-order valence-corrected chi connectivity index (χ1v) is 4.07. The molecule has 0 N–H and O–H groups in total. The number of rotatable bonds is 2. The molecular weight excluding hydrogens is 158 g/mol. The van der Waals surface area contributed by atoms with Crippen molar-refractivity contribution in [2.75, 3.05) is 0 Å². The number of hydrogen-bond acceptors (Lipinski definition) is 0. The van der Waals surface area contributed by atoms with Gasteiger partial charge in [-0.25, -0.2) is 8.78 Å². The van der Waals surface area contributed by atoms with Crippen molar-refractivity contribution in [3.8, 4) is 0 Å². The van der Waals surface area contributed by atoms with Gasteiger partial charge in [-0.05, 0) is 25.0 Å². The van der Waals surface area contributed by atoms with Crippen LogP contribution in [-0.2, 0) is 6.42 Å². The molecule has 0 unspecified atom stereocenters. The van der Waals surface area contributed by atoms with Crippen LogP contribution in [0, 0.1) is 5.82 Å². The van der Waals surface area contributed by atoms with Gasteiger partial charge in [-0.1, -0.05) is 19.1 Å². The van der Waals surface area contributed by atoms with Crippen molar-refractivity contribution in [3.05, 3.63) is 35.1 Å². The molecule has 1 atom stereocenters. The van der Waals surface area contributed by atoms with Crippen LogP contribution >= 0.6 is 0 Å². The minimum Gasteiger partial charge on any atom is -0.242 e. The van der Waals surface area contributed by atoms with Gasteiger partial charge in [0.1, 0.15) is 12.0 Å². The van der Waals surface area contributed by atoms with Gasteiger partial charge in [-0.15, -0.1) is 0 Å². The molecule has 1 aromatic carbocycles. The van der Waals surface area contributed by atoms with Gasteiger partial charge in [0, 0.05) is 5.56 Å². The van der Waals surface area contributed by atoms with Gasteiger partial charge in [0.15, 0.2) is 0 Å². The van der Waals surface area contributed by atoms with Gasteiger partial charge in [-0.3, -0.25) is 0 Å². The molecule has 0 heterocycles. The van der Waals surface area contributed by atoms with E-state index in [0.717, 1.165) is 12.0 Å². The second-order valence-electron chi connectivity index (χ2n) is 2.83. The molecule has 0 spiro atoms. The third-order valence-corrected chi connectivity index (χ3v) is 1.90. The van der Waals surface area contributed by atoms with E-state index in [-0.39, 0.29) is 5.56 Å². The predicted molar refractivity (Wildman–Crippen MR) is 45.3 cm³/mol. The molecule has 0 saturated heterocycles. The van der Waals surface area contributed by atoms with Gasteiger partial charge >= 0.3 is 0 Å². The first-order chi connectivity index (χ1) is 5.65. The molecule has 0 fully saturated rings. The highest BCUT2D eigenvalue weighted by Gasteiger charge is 2.08. The highest BCUT2D eigenvalue weighted by molar-refractivity contribution is 5.25. The lowest BCUT2D eigenvalue weighted by Gasteiger charge is -2.05. The molecule has 1 rings (SSSR count). The van der Waals surface area contributed by atoms with Crippen molar-refractivity contribution in [2.24, 2.45) is 0 Å². The van der Waals surface area contributed by atoms with Crippen LogP contribution in [0.1, 0.15) is 31.1 Å². The van der Waals surface area contributed by atoms with Gasteiger partial charge in [0.2, 0.25) is 0 Å². The fourth-order valence-electron chi connectivity index (χ4n) is 1.11. The SMILES string of the molecule is CCc1ccc([C@H](C)F)c(F)c1. The molecule has 1 aromatic rings. The van der Waals surface area contributed by atoms with E-state index in [2.05, 4.69) is 0 Å². The van der Waals surface area contributed by atoms with Crippen molar-refractivity contribution in [2.45, 2.75) is 26.4 Å². The second kappa shape index (κ2) is 3.65. The molecule has 0 bridgehead atoms. The van der Waals surface area contributed by atoms with Crippen molar-refractivity contribution < 1.29 is 8.78 Å². The van der Waals surface area contributed by atoms with E-state index in [0.29, 0.717) is 0 Å². The summed E-state index contributed by atoms with van der Waals surface area (Å²) in [5, 5.41) is 0. The Kier molecular flexibility index (Phi) is 2.79. The van der Waals surface area contributed by atoms with E-state index in [1.54, 1.807) is 6.07 Å². The summed E-state index contributed by atoms with van der Waals surface area (Å²) < 4.78 is 25.7. The van der Waals surface area contributed by atoms with Crippen LogP contribution in [0.15, 0.2) is 18.2 Å². The van der Waals surface area contributed by atoms with Gasteiger partial charge in [0.05, 0.1) is 0 Å². The zero-order chi connectivity index (χ0) is 9.14. The first-order valence-electron chi connectivity index (χ1n) is 4.07. The third-order valence-electron chi connectivity index (χ3n) is 1.90. The first kappa shape index (κ1) is 9.17. The molecule has 0 aliphatic heterocycles. The average Bonchev–Trinajstić information content (AvgIpc) is 2.03. The van der Waals surface area contributed by atoms with Crippen LogP contribution in [0.4, 0.5) is 8.78 Å². The van der Waals surface area contributed by atoms with E-state index in [9.17, 15) is 8.78 Å². The molecule has 0 aliphatic rings. The van der Waals surface area contributed by atoms with Crippen molar-refractivity contribution in [1.29, 1.82) is 0 Å². The molecular formula is C10H12F2. The van der Waals surface area contributed by atoms with Crippen molar-refractivity contribution in [1.82, 2.24) is 0 Å². The van der Waals surface area contributed by atoms with Crippen LogP contribution in [0.5, 0.6) is 0 Å². The standard InChI is InChI=1S/C10H12F2/c1-3-8-4-5-9(7(2)11)10(12)6-8/h4-7H,3H2,1-2H3/t7-/m0/s1. The van der Waals surface area contributed by atoms with Crippen LogP contribution < -0.4 is 0 Å². The van der Waals surface area contributed by atoms with Gasteiger partial charge in [-0.2, -0.15) is 0 Å². The molecule has 0 amide bonds. The number of benzene rings is 1. The van der Waals surface area contributed by atoms with E-state index < -0.39 is 12.0 Å². The maximum Gasteiger partial charge on any atom is 0.129 e. The summed E-state index contributed by atoms with van der Waals surface area (Å²) >= 11 is 0. The lowest BCUT2D eigenvalue weighted by molar-refractivity contribution is 0.361. The zero-order valence-electron chi connectivity index (χ0n) is 7.27. The zero-order valence-corrected chi connectivity index (χ0v) is 7.27. The van der Waals surface area contributed by atoms with Crippen LogP contribution in [0.2, 0.25) is 0 Å². The fourth-order valence-corrected chi connectivity index (χ4v) is 1.11. The number of aryl methyl sites for hydroxylation is 1. The lowest BCUT2D eigenvalue weighted by Crippen LogP contribution is -1.93. The van der Waals surface area contributed by atoms with Gasteiger partial charge < -0.3 is 0 Å². The quantitative estimate of drug-likeness (QED) is 0.638. The highest BCUT2D eigenvalue weighted by atomic mass is 19.1. The Balaban J connectivity index is 3.03. The number of halogens is 2. The molecule has 0 radical (unpaired) electrons. The smallest absolute Gasteiger partial charge is 0.129 e. The fraction of sp³-hybridized carbons (Fsp3) is 0.400. The average molecular weight is 170 g/mol. The largest absolute Gasteiger partial charge is 0.242 e. The molecule has 0 saturated carbocycles. The number of alkyl halides is 1. The molecule has 0 aliphatic carbocycles. The van der Waals surface area contributed by atoms with Crippen LogP contribution in [0.3, 0.4) is 0 Å². The normalized spacial score (nSPS) is 13.0. The van der Waals surface area contributed by atoms with E-state index in [4.69, 9.17) is 0 Å². The summed E-state index contributed by atoms with van der Waals surface area (Å²) in [5.41, 5.74) is 1.05. The summed E-state index contributed by atoms with van der Waals surface area (Å²) in [5.74, 6) is -0.440. The third kappa shape index (κ3) is 1.81. The van der Waals surface area contributed by atoms with Gasteiger partial charge in [0.25, 0.3) is 0 Å². The Morgan fingerprint density at radius 2 is 2.08 bits per heavy atom. The van der Waals surface area contributed by atoms with E-state index in [1.807, 2.05) is 6.92 Å². The molecule has 0 aromatic heterocycles. The summed E-state index contributed by atoms with van der Waals surface area (Å²) in [6, 6.07) is 4.67. The Bertz CT molecular complexity index is 267. The van der Waals surface area contributed by atoms with Crippen LogP contribution in [-0.4, -0.2) is 0 Å². The Hall–Kier alpha value is -0.920. The highest BCUT2D eigenvalue weighted by Crippen LogP contribution is 2.20. The van der Waals surface area contributed by atoms with Crippen LogP contribution in [0.25, 0.3) is 0 Å². The summed E-state index contributed by atoms with van der Waals surface area (Å²) in [7, 11) is 0. The topological polar surface area (TPSA) is 0 Å². The maximum atomic E-state index is 13.0. The summed E-state index contributed by atoms with van der Waals surface area (Å²) in [6.45, 7) is 3.28. The minimum atomic E-state index is -1.23. The van der Waals surface area contributed by atoms with E-state index in [1.165, 1.54) is 19.1 Å². The van der Waals surface area contributed by atoms with E-state index >= 15 is 0 Å². The Morgan fingerprint density at radius 1 is 1.42 bits per heavy atom. The Labute approximate surface area is 71.2 Å². The predicted octanol–water partition coefficient (Wildman–Crippen LogP) is 3.42. The maximum absolute atomic E-state index is 13.0. The molecule has 12 heavy (non-hydrogen) atoms. The summed E-state index contributed by atoms with van der Waals surface area (Å²) in [4.78, 5) is 0. The second-order valence-corrected chi connectivity index (χ2v) is 2.83. The molecule has 2 heteroatoms. The minimum absolute atomic E-state index is 0.146. The molecule has 66 valence electrons. The lowest BCUT2D eigenvalue weighted by atomic mass is 10.1. The Morgan fingerprint density at radius 3 is 2.50 bits per heavy atom. The molecule has 0 nitrogen and oxygen atoms in total. The summed E-state index contributed by atoms with van der Waals surface area (Å²) in [6.07, 6.45) is -0.450. The number of hydrogen-bond donors (Lipinski definition) is 0.